The molecule has 1 aromatic rings. The van der Waals surface area contributed by atoms with Gasteiger partial charge in [0.05, 0.1) is 13.2 Å². The Hall–Kier alpha value is -2.43. The van der Waals surface area contributed by atoms with Crippen LogP contribution < -0.4 is 5.56 Å². The van der Waals surface area contributed by atoms with E-state index in [2.05, 4.69) is 5.10 Å². The number of aliphatic carboxylic acids is 1. The molecule has 0 radical (unpaired) electrons. The first-order chi connectivity index (χ1) is 11.6. The van der Waals surface area contributed by atoms with Crippen LogP contribution in [0.1, 0.15) is 16.9 Å². The van der Waals surface area contributed by atoms with Gasteiger partial charge in [-0.1, -0.05) is 0 Å². The van der Waals surface area contributed by atoms with E-state index >= 15 is 0 Å². The summed E-state index contributed by atoms with van der Waals surface area (Å²) in [5.74, 6) is -2.88. The van der Waals surface area contributed by atoms with Crippen molar-refractivity contribution in [3.05, 3.63) is 28.2 Å². The fraction of sp³-hybridized carbons (Fsp3) is 0.571. The monoisotopic (exact) mass is 363 g/mol. The van der Waals surface area contributed by atoms with E-state index in [4.69, 9.17) is 9.84 Å². The first-order valence-electron chi connectivity index (χ1n) is 7.29. The van der Waals surface area contributed by atoms with Crippen molar-refractivity contribution in [3.8, 4) is 0 Å². The summed E-state index contributed by atoms with van der Waals surface area (Å²) in [5.41, 5.74) is -3.73. The molecule has 0 aromatic carbocycles. The number of carbonyl (C=O) groups is 2. The number of alkyl halides is 3. The maximum atomic E-state index is 13.2. The molecule has 25 heavy (non-hydrogen) atoms. The molecule has 1 unspecified atom stereocenters. The van der Waals surface area contributed by atoms with E-state index in [-0.39, 0.29) is 25.4 Å². The number of amides is 1. The number of nitrogens with zero attached hydrogens (tertiary/aromatic N) is 3. The van der Waals surface area contributed by atoms with Crippen LogP contribution in [0, 0.1) is 5.41 Å². The van der Waals surface area contributed by atoms with Crippen molar-refractivity contribution >= 4 is 11.9 Å². The van der Waals surface area contributed by atoms with Crippen LogP contribution >= 0.6 is 0 Å². The van der Waals surface area contributed by atoms with Gasteiger partial charge in [-0.25, -0.2) is 4.68 Å². The van der Waals surface area contributed by atoms with Crippen molar-refractivity contribution < 1.29 is 32.6 Å². The third-order valence-electron chi connectivity index (χ3n) is 4.10. The normalized spacial score (nSPS) is 20.7. The lowest BCUT2D eigenvalue weighted by atomic mass is 9.86. The summed E-state index contributed by atoms with van der Waals surface area (Å²) < 4.78 is 45.3. The molecular formula is C14H16F3N3O5. The van der Waals surface area contributed by atoms with Crippen LogP contribution in [0.3, 0.4) is 0 Å². The first-order valence-corrected chi connectivity index (χ1v) is 7.29. The summed E-state index contributed by atoms with van der Waals surface area (Å²) >= 11 is 0. The van der Waals surface area contributed by atoms with Gasteiger partial charge < -0.3 is 14.7 Å². The molecule has 8 nitrogen and oxygen atoms in total. The zero-order valence-corrected chi connectivity index (χ0v) is 13.2. The highest BCUT2D eigenvalue weighted by atomic mass is 19.4. The lowest BCUT2D eigenvalue weighted by Gasteiger charge is -2.27. The second-order valence-electron chi connectivity index (χ2n) is 5.63. The van der Waals surface area contributed by atoms with Crippen LogP contribution in [-0.4, -0.2) is 64.6 Å². The molecule has 2 rings (SSSR count). The Kier molecular flexibility index (Phi) is 5.16. The van der Waals surface area contributed by atoms with Gasteiger partial charge in [-0.2, -0.15) is 18.3 Å². The van der Waals surface area contributed by atoms with Gasteiger partial charge in [-0.05, 0) is 12.5 Å². The van der Waals surface area contributed by atoms with Crippen molar-refractivity contribution in [3.63, 3.8) is 0 Å². The number of ether oxygens (including phenoxy) is 1. The molecule has 1 aliphatic heterocycles. The van der Waals surface area contributed by atoms with Crippen LogP contribution in [0.25, 0.3) is 0 Å². The van der Waals surface area contributed by atoms with Gasteiger partial charge in [0.15, 0.2) is 5.41 Å². The minimum Gasteiger partial charge on any atom is -0.481 e. The largest absolute Gasteiger partial charge is 0.481 e. The molecule has 1 fully saturated rings. The van der Waals surface area contributed by atoms with E-state index in [0.29, 0.717) is 0 Å². The molecule has 1 saturated heterocycles. The predicted octanol–water partition coefficient (Wildman–Crippen LogP) is 0.369. The molecule has 1 N–H and O–H groups in total. The van der Waals surface area contributed by atoms with Gasteiger partial charge in [0.2, 0.25) is 0 Å². The van der Waals surface area contributed by atoms with Crippen LogP contribution in [0.5, 0.6) is 0 Å². The van der Waals surface area contributed by atoms with Gasteiger partial charge in [0, 0.05) is 26.3 Å². The number of hydrogen-bond donors (Lipinski definition) is 1. The van der Waals surface area contributed by atoms with E-state index in [1.165, 1.54) is 7.11 Å². The van der Waals surface area contributed by atoms with Gasteiger partial charge in [0.25, 0.3) is 11.5 Å². The average Bonchev–Trinajstić information content (AvgIpc) is 3.00. The maximum Gasteiger partial charge on any atom is 0.406 e. The van der Waals surface area contributed by atoms with E-state index in [9.17, 15) is 27.6 Å². The molecule has 0 spiro atoms. The number of halogens is 3. The first kappa shape index (κ1) is 18.9. The minimum atomic E-state index is -4.99. The van der Waals surface area contributed by atoms with Crippen molar-refractivity contribution in [2.45, 2.75) is 19.1 Å². The Labute approximate surface area is 139 Å². The lowest BCUT2D eigenvalue weighted by molar-refractivity contribution is -0.227. The molecule has 2 heterocycles. The third-order valence-corrected chi connectivity index (χ3v) is 4.10. The topological polar surface area (TPSA) is 102 Å². The molecule has 1 amide bonds. The van der Waals surface area contributed by atoms with Crippen LogP contribution in [0.2, 0.25) is 0 Å². The second-order valence-corrected chi connectivity index (χ2v) is 5.63. The van der Waals surface area contributed by atoms with E-state index in [0.717, 1.165) is 21.7 Å². The SMILES string of the molecule is COCCn1nc(C(=O)N2CCC(C(=O)O)(C(F)(F)F)C2)ccc1=O. The highest BCUT2D eigenvalue weighted by Crippen LogP contribution is 2.45. The molecule has 11 heteroatoms. The summed E-state index contributed by atoms with van der Waals surface area (Å²) in [7, 11) is 1.41. The van der Waals surface area contributed by atoms with Crippen molar-refractivity contribution in [1.29, 1.82) is 0 Å². The highest BCUT2D eigenvalue weighted by Gasteiger charge is 2.64. The summed E-state index contributed by atoms with van der Waals surface area (Å²) in [6, 6.07) is 2.17. The molecule has 0 bridgehead atoms. The summed E-state index contributed by atoms with van der Waals surface area (Å²) in [6.07, 6.45) is -5.72. The minimum absolute atomic E-state index is 0.0675. The number of aromatic nitrogens is 2. The predicted molar refractivity (Wildman–Crippen MR) is 77.0 cm³/mol. The van der Waals surface area contributed by atoms with Crippen molar-refractivity contribution in [2.24, 2.45) is 5.41 Å². The fourth-order valence-electron chi connectivity index (χ4n) is 2.57. The number of carboxylic acids is 1. The quantitative estimate of drug-likeness (QED) is 0.811. The molecule has 0 aliphatic carbocycles. The van der Waals surface area contributed by atoms with E-state index < -0.39 is 42.0 Å². The zero-order valence-electron chi connectivity index (χ0n) is 13.2. The molecule has 138 valence electrons. The number of methoxy groups -OCH3 is 1. The van der Waals surface area contributed by atoms with Gasteiger partial charge in [-0.15, -0.1) is 0 Å². The summed E-state index contributed by atoms with van der Waals surface area (Å²) in [6.45, 7) is -1.14. The lowest BCUT2D eigenvalue weighted by Crippen LogP contribution is -2.47. The number of rotatable bonds is 5. The van der Waals surface area contributed by atoms with Gasteiger partial charge in [-0.3, -0.25) is 14.4 Å². The number of carbonyl (C=O) groups excluding carboxylic acids is 1. The molecule has 1 atom stereocenters. The second kappa shape index (κ2) is 6.82. The third kappa shape index (κ3) is 3.50. The number of likely N-dealkylation sites (tertiary alicyclic amines) is 1. The van der Waals surface area contributed by atoms with Crippen molar-refractivity contribution in [2.75, 3.05) is 26.8 Å². The molecule has 1 aromatic heterocycles. The standard InChI is InChI=1S/C14H16F3N3O5/c1-25-7-6-20-10(21)3-2-9(18-20)11(22)19-5-4-13(8-19,12(23)24)14(15,16)17/h2-3H,4-8H2,1H3,(H,23,24). The Morgan fingerprint density at radius 2 is 2.08 bits per heavy atom. The Bertz CT molecular complexity index is 733. The Morgan fingerprint density at radius 3 is 2.60 bits per heavy atom. The summed E-state index contributed by atoms with van der Waals surface area (Å²) in [4.78, 5) is 36.0. The van der Waals surface area contributed by atoms with E-state index in [1.54, 1.807) is 0 Å². The van der Waals surface area contributed by atoms with Crippen LogP contribution in [0.15, 0.2) is 16.9 Å². The average molecular weight is 363 g/mol. The smallest absolute Gasteiger partial charge is 0.406 e. The summed E-state index contributed by atoms with van der Waals surface area (Å²) in [5, 5.41) is 12.8. The van der Waals surface area contributed by atoms with Crippen molar-refractivity contribution in [1.82, 2.24) is 14.7 Å². The van der Waals surface area contributed by atoms with Gasteiger partial charge in [0.1, 0.15) is 5.69 Å². The Morgan fingerprint density at radius 1 is 1.40 bits per heavy atom. The maximum absolute atomic E-state index is 13.2. The highest BCUT2D eigenvalue weighted by molar-refractivity contribution is 5.93. The fourth-order valence-corrected chi connectivity index (χ4v) is 2.57. The van der Waals surface area contributed by atoms with Gasteiger partial charge >= 0.3 is 12.1 Å². The Balaban J connectivity index is 2.25. The molecule has 0 saturated carbocycles. The number of hydrogen-bond acceptors (Lipinski definition) is 5. The molecule has 1 aliphatic rings. The zero-order chi connectivity index (χ0) is 18.8. The van der Waals surface area contributed by atoms with Crippen LogP contribution in [-0.2, 0) is 16.1 Å². The number of carboxylic acid groups (broad SMARTS) is 1. The van der Waals surface area contributed by atoms with Crippen LogP contribution in [0.4, 0.5) is 13.2 Å². The molecular weight excluding hydrogens is 347 g/mol. The van der Waals surface area contributed by atoms with E-state index in [1.807, 2.05) is 0 Å².